The number of aliphatic hydroxyl groups is 1. The fraction of sp³-hybridized carbons (Fsp3) is 0.667. The predicted octanol–water partition coefficient (Wildman–Crippen LogP) is 2.88. The summed E-state index contributed by atoms with van der Waals surface area (Å²) in [5.41, 5.74) is 0.999. The molecule has 0 radical (unpaired) electrons. The van der Waals surface area contributed by atoms with Gasteiger partial charge in [0.15, 0.2) is 0 Å². The van der Waals surface area contributed by atoms with Gasteiger partial charge in [-0.25, -0.2) is 4.68 Å². The molecule has 2 saturated carbocycles. The van der Waals surface area contributed by atoms with Crippen molar-refractivity contribution in [2.45, 2.75) is 63.6 Å². The Hall–Kier alpha value is -1.33. The normalized spacial score (nSPS) is 34.4. The van der Waals surface area contributed by atoms with Crippen LogP contribution in [0.2, 0.25) is 5.15 Å². The molecule has 3 aliphatic rings. The van der Waals surface area contributed by atoms with Gasteiger partial charge in [0.05, 0.1) is 22.9 Å². The maximum absolute atomic E-state index is 12.7. The molecule has 24 heavy (non-hydrogen) atoms. The van der Waals surface area contributed by atoms with E-state index in [4.69, 9.17) is 11.6 Å². The molecule has 2 bridgehead atoms. The van der Waals surface area contributed by atoms with Gasteiger partial charge in [-0.05, 0) is 58.3 Å². The van der Waals surface area contributed by atoms with Crippen LogP contribution in [0.4, 0.5) is 0 Å². The highest BCUT2D eigenvalue weighted by Crippen LogP contribution is 2.55. The number of halogens is 1. The molecule has 130 valence electrons. The van der Waals surface area contributed by atoms with Gasteiger partial charge in [-0.1, -0.05) is 23.3 Å². The molecule has 0 saturated heterocycles. The molecule has 1 amide bonds. The molecule has 3 aliphatic carbocycles. The Morgan fingerprint density at radius 2 is 2.21 bits per heavy atom. The summed E-state index contributed by atoms with van der Waals surface area (Å²) in [4.78, 5) is 12.7. The van der Waals surface area contributed by atoms with Crippen molar-refractivity contribution in [2.75, 3.05) is 0 Å². The third-order valence-electron chi connectivity index (χ3n) is 5.83. The second kappa shape index (κ2) is 5.09. The van der Waals surface area contributed by atoms with Crippen molar-refractivity contribution in [3.63, 3.8) is 0 Å². The van der Waals surface area contributed by atoms with Crippen LogP contribution >= 0.6 is 11.6 Å². The quantitative estimate of drug-likeness (QED) is 0.807. The smallest absolute Gasteiger partial charge is 0.256 e. The largest absolute Gasteiger partial charge is 0.390 e. The Balaban J connectivity index is 1.53. The molecule has 1 aromatic rings. The van der Waals surface area contributed by atoms with E-state index in [1.807, 2.05) is 20.8 Å². The Morgan fingerprint density at radius 1 is 1.46 bits per heavy atom. The van der Waals surface area contributed by atoms with Gasteiger partial charge in [0.25, 0.3) is 5.91 Å². The van der Waals surface area contributed by atoms with Gasteiger partial charge in [0, 0.05) is 6.04 Å². The molecule has 1 heterocycles. The topological polar surface area (TPSA) is 67.2 Å². The molecule has 5 nitrogen and oxygen atoms in total. The number of hydrogen-bond acceptors (Lipinski definition) is 3. The summed E-state index contributed by atoms with van der Waals surface area (Å²) in [5, 5.41) is 18.3. The summed E-state index contributed by atoms with van der Waals surface area (Å²) < 4.78 is 1.67. The summed E-state index contributed by atoms with van der Waals surface area (Å²) in [6.07, 6.45) is 7.01. The van der Waals surface area contributed by atoms with Gasteiger partial charge in [-0.3, -0.25) is 4.79 Å². The molecule has 4 rings (SSSR count). The number of carbonyl (C=O) groups is 1. The van der Waals surface area contributed by atoms with Crippen LogP contribution in [0.1, 0.15) is 56.8 Å². The number of nitrogens with one attached hydrogen (secondary N) is 1. The maximum atomic E-state index is 12.7. The third-order valence-corrected chi connectivity index (χ3v) is 6.20. The summed E-state index contributed by atoms with van der Waals surface area (Å²) >= 11 is 6.37. The molecule has 4 atom stereocenters. The lowest BCUT2D eigenvalue weighted by atomic mass is 9.86. The summed E-state index contributed by atoms with van der Waals surface area (Å²) in [6.45, 7) is 5.99. The minimum atomic E-state index is -0.559. The van der Waals surface area contributed by atoms with Crippen molar-refractivity contribution in [1.82, 2.24) is 15.1 Å². The molecular weight excluding hydrogens is 326 g/mol. The molecule has 2 unspecified atom stereocenters. The van der Waals surface area contributed by atoms with Crippen molar-refractivity contribution < 1.29 is 9.90 Å². The van der Waals surface area contributed by atoms with Gasteiger partial charge in [0.1, 0.15) is 5.15 Å². The molecule has 6 heteroatoms. The van der Waals surface area contributed by atoms with Gasteiger partial charge >= 0.3 is 0 Å². The van der Waals surface area contributed by atoms with Crippen LogP contribution in [0.15, 0.2) is 17.8 Å². The minimum Gasteiger partial charge on any atom is -0.390 e. The second-order valence-corrected chi connectivity index (χ2v) is 8.96. The molecule has 1 aromatic heterocycles. The Kier molecular flexibility index (Phi) is 3.42. The number of hydrogen-bond donors (Lipinski definition) is 2. The Bertz CT molecular complexity index is 733. The van der Waals surface area contributed by atoms with Crippen LogP contribution in [0, 0.1) is 11.8 Å². The summed E-state index contributed by atoms with van der Waals surface area (Å²) in [5.74, 6) is 0.600. The average molecular weight is 350 g/mol. The monoisotopic (exact) mass is 349 g/mol. The number of carbonyl (C=O) groups excluding carboxylic acids is 1. The first-order valence-corrected chi connectivity index (χ1v) is 9.02. The summed E-state index contributed by atoms with van der Waals surface area (Å²) in [7, 11) is 0. The van der Waals surface area contributed by atoms with Gasteiger partial charge in [-0.15, -0.1) is 0 Å². The third kappa shape index (κ3) is 2.40. The molecule has 2 N–H and O–H groups in total. The molecular formula is C18H24ClN3O2. The predicted molar refractivity (Wildman–Crippen MR) is 92.0 cm³/mol. The highest BCUT2D eigenvalue weighted by molar-refractivity contribution is 6.32. The van der Waals surface area contributed by atoms with E-state index in [9.17, 15) is 9.90 Å². The molecule has 0 aromatic carbocycles. The number of amides is 1. The first kappa shape index (κ1) is 16.2. The van der Waals surface area contributed by atoms with Crippen molar-refractivity contribution in [1.29, 1.82) is 0 Å². The molecule has 2 fully saturated rings. The number of nitrogens with zero attached hydrogens (tertiary/aromatic N) is 2. The van der Waals surface area contributed by atoms with Crippen molar-refractivity contribution in [3.8, 4) is 0 Å². The lowest BCUT2D eigenvalue weighted by molar-refractivity contribution is 0.0378. The number of aromatic nitrogens is 2. The Labute approximate surface area is 147 Å². The van der Waals surface area contributed by atoms with Crippen LogP contribution in [0.25, 0.3) is 0 Å². The van der Waals surface area contributed by atoms with E-state index in [0.717, 1.165) is 25.7 Å². The van der Waals surface area contributed by atoms with Crippen molar-refractivity contribution >= 4 is 17.5 Å². The Morgan fingerprint density at radius 3 is 2.88 bits per heavy atom. The van der Waals surface area contributed by atoms with E-state index in [1.54, 1.807) is 10.9 Å². The second-order valence-electron chi connectivity index (χ2n) is 8.60. The highest BCUT2D eigenvalue weighted by Gasteiger charge is 2.54. The van der Waals surface area contributed by atoms with E-state index in [1.165, 1.54) is 5.57 Å². The van der Waals surface area contributed by atoms with Crippen LogP contribution in [-0.4, -0.2) is 32.4 Å². The van der Waals surface area contributed by atoms with E-state index in [2.05, 4.69) is 16.5 Å². The standard InChI is InChI=1S/C18H24ClN3O2/c1-17(2,3)22-15(19)13(9-20-22)16(23)21-14-6-10-4-5-18(24)7-11(10)12(14)8-18/h4,9,11-12,14,24H,5-8H2,1-3H3,(H,21,23)/t11?,12?,14-,18-/m0/s1. The molecule has 0 spiro atoms. The summed E-state index contributed by atoms with van der Waals surface area (Å²) in [6, 6.07) is 0.0807. The first-order valence-electron chi connectivity index (χ1n) is 8.64. The zero-order valence-electron chi connectivity index (χ0n) is 14.3. The van der Waals surface area contributed by atoms with Crippen molar-refractivity contribution in [2.24, 2.45) is 11.8 Å². The fourth-order valence-electron chi connectivity index (χ4n) is 4.69. The van der Waals surface area contributed by atoms with Gasteiger partial charge in [0.2, 0.25) is 0 Å². The minimum absolute atomic E-state index is 0.0807. The number of fused-ring (bicyclic) bond motifs is 1. The zero-order valence-corrected chi connectivity index (χ0v) is 15.1. The fourth-order valence-corrected chi connectivity index (χ4v) is 5.12. The van der Waals surface area contributed by atoms with E-state index in [-0.39, 0.29) is 17.5 Å². The number of rotatable bonds is 2. The lowest BCUT2D eigenvalue weighted by Crippen LogP contribution is -2.39. The first-order chi connectivity index (χ1) is 11.2. The van der Waals surface area contributed by atoms with Crippen LogP contribution in [0.5, 0.6) is 0 Å². The molecule has 0 aliphatic heterocycles. The van der Waals surface area contributed by atoms with Crippen LogP contribution < -0.4 is 5.32 Å². The SMILES string of the molecule is CC(C)(C)n1ncc(C(=O)N[C@H]2CC3=CC[C@]4(O)CC3C2C4)c1Cl. The maximum Gasteiger partial charge on any atom is 0.256 e. The van der Waals surface area contributed by atoms with E-state index < -0.39 is 5.60 Å². The van der Waals surface area contributed by atoms with E-state index in [0.29, 0.717) is 22.6 Å². The lowest BCUT2D eigenvalue weighted by Gasteiger charge is -2.28. The zero-order chi connectivity index (χ0) is 17.3. The highest BCUT2D eigenvalue weighted by atomic mass is 35.5. The van der Waals surface area contributed by atoms with Crippen molar-refractivity contribution in [3.05, 3.63) is 28.6 Å². The van der Waals surface area contributed by atoms with Gasteiger partial charge < -0.3 is 10.4 Å². The van der Waals surface area contributed by atoms with Crippen LogP contribution in [-0.2, 0) is 5.54 Å². The van der Waals surface area contributed by atoms with Gasteiger partial charge in [-0.2, -0.15) is 5.10 Å². The van der Waals surface area contributed by atoms with Crippen LogP contribution in [0.3, 0.4) is 0 Å². The van der Waals surface area contributed by atoms with E-state index >= 15 is 0 Å². The average Bonchev–Trinajstić information content (AvgIpc) is 3.07.